The van der Waals surface area contributed by atoms with E-state index in [1.165, 1.54) is 0 Å². The highest BCUT2D eigenvalue weighted by Crippen LogP contribution is 2.32. The van der Waals surface area contributed by atoms with Crippen molar-refractivity contribution in [2.45, 2.75) is 6.10 Å². The molecule has 0 saturated carbocycles. The first kappa shape index (κ1) is 18.0. The summed E-state index contributed by atoms with van der Waals surface area (Å²) in [7, 11) is 0. The van der Waals surface area contributed by atoms with Crippen LogP contribution in [-0.2, 0) is 4.79 Å². The molecule has 1 saturated heterocycles. The number of ether oxygens (including phenoxy) is 2. The lowest BCUT2D eigenvalue weighted by Gasteiger charge is -2.35. The van der Waals surface area contributed by atoms with Gasteiger partial charge in [-0.15, -0.1) is 11.3 Å². The predicted octanol–water partition coefficient (Wildman–Crippen LogP) is 2.37. The van der Waals surface area contributed by atoms with Crippen molar-refractivity contribution in [3.05, 3.63) is 52.2 Å². The summed E-state index contributed by atoms with van der Waals surface area (Å²) < 4.78 is 10.6. The van der Waals surface area contributed by atoms with Gasteiger partial charge in [0.25, 0.3) is 0 Å². The van der Waals surface area contributed by atoms with Gasteiger partial charge >= 0.3 is 0 Å². The molecule has 1 atom stereocenters. The van der Waals surface area contributed by atoms with Crippen LogP contribution in [0, 0.1) is 0 Å². The molecule has 7 heteroatoms. The minimum absolute atomic E-state index is 0.00567. The molecule has 1 unspecified atom stereocenters. The largest absolute Gasteiger partial charge is 0.454 e. The Labute approximate surface area is 162 Å². The van der Waals surface area contributed by atoms with Crippen molar-refractivity contribution in [2.24, 2.45) is 0 Å². The van der Waals surface area contributed by atoms with E-state index in [0.717, 1.165) is 29.3 Å². The fourth-order valence-electron chi connectivity index (χ4n) is 3.26. The number of rotatable bonds is 5. The van der Waals surface area contributed by atoms with E-state index >= 15 is 0 Å². The number of thiophene rings is 1. The van der Waals surface area contributed by atoms with Crippen molar-refractivity contribution in [2.75, 3.05) is 39.5 Å². The number of hydrogen-bond donors (Lipinski definition) is 1. The third-order valence-electron chi connectivity index (χ3n) is 4.80. The van der Waals surface area contributed by atoms with E-state index < -0.39 is 6.10 Å². The molecular formula is C20H22N2O4S. The molecule has 0 radical (unpaired) electrons. The molecule has 1 amide bonds. The number of hydrogen-bond acceptors (Lipinski definition) is 6. The predicted molar refractivity (Wildman–Crippen MR) is 104 cm³/mol. The number of carbonyl (C=O) groups excluding carboxylic acids is 1. The van der Waals surface area contributed by atoms with Gasteiger partial charge in [0.1, 0.15) is 6.10 Å². The van der Waals surface area contributed by atoms with Gasteiger partial charge in [0.05, 0.1) is 0 Å². The van der Waals surface area contributed by atoms with Crippen molar-refractivity contribution in [1.29, 1.82) is 0 Å². The number of carbonyl (C=O) groups is 1. The molecule has 4 rings (SSSR count). The monoisotopic (exact) mass is 386 g/mol. The van der Waals surface area contributed by atoms with Crippen LogP contribution in [0.5, 0.6) is 11.5 Å². The Morgan fingerprint density at radius 2 is 2.00 bits per heavy atom. The fourth-order valence-corrected chi connectivity index (χ4v) is 3.96. The van der Waals surface area contributed by atoms with Gasteiger partial charge in [0.2, 0.25) is 12.7 Å². The van der Waals surface area contributed by atoms with Crippen LogP contribution in [-0.4, -0.2) is 60.3 Å². The second-order valence-electron chi connectivity index (χ2n) is 6.60. The molecule has 2 aromatic rings. The maximum atomic E-state index is 12.4. The molecule has 27 heavy (non-hydrogen) atoms. The van der Waals surface area contributed by atoms with Gasteiger partial charge in [-0.05, 0) is 35.2 Å². The van der Waals surface area contributed by atoms with E-state index in [2.05, 4.69) is 4.90 Å². The first-order valence-corrected chi connectivity index (χ1v) is 9.87. The van der Waals surface area contributed by atoms with Crippen molar-refractivity contribution < 1.29 is 19.4 Å². The van der Waals surface area contributed by atoms with E-state index in [4.69, 9.17) is 9.47 Å². The third-order valence-corrected chi connectivity index (χ3v) is 5.78. The van der Waals surface area contributed by atoms with Crippen LogP contribution in [0.15, 0.2) is 41.8 Å². The Balaban J connectivity index is 1.27. The van der Waals surface area contributed by atoms with Crippen molar-refractivity contribution in [1.82, 2.24) is 9.80 Å². The smallest absolute Gasteiger partial charge is 0.246 e. The zero-order valence-electron chi connectivity index (χ0n) is 14.9. The van der Waals surface area contributed by atoms with Crippen molar-refractivity contribution >= 4 is 23.3 Å². The number of β-amino-alcohol motifs (C(OH)–C–C–N with tert-alkyl or cyclic N) is 1. The number of amides is 1. The Hall–Kier alpha value is -2.35. The summed E-state index contributed by atoms with van der Waals surface area (Å²) in [5.41, 5.74) is 0.908. The summed E-state index contributed by atoms with van der Waals surface area (Å²) in [5.74, 6) is 1.45. The van der Waals surface area contributed by atoms with Gasteiger partial charge in [-0.2, -0.15) is 0 Å². The van der Waals surface area contributed by atoms with Crippen LogP contribution in [0.4, 0.5) is 0 Å². The quantitative estimate of drug-likeness (QED) is 0.800. The molecule has 1 N–H and O–H groups in total. The molecule has 3 heterocycles. The van der Waals surface area contributed by atoms with Gasteiger partial charge in [-0.25, -0.2) is 0 Å². The standard InChI is InChI=1S/C20H22N2O4S/c23-16(19-2-1-11-27-19)13-21-7-9-22(10-8-21)20(24)6-4-15-3-5-17-18(12-15)26-14-25-17/h1-6,11-12,16,23H,7-10,13-14H2/b6-4+. The summed E-state index contributed by atoms with van der Waals surface area (Å²) in [5, 5.41) is 12.2. The van der Waals surface area contributed by atoms with Crippen LogP contribution in [0.25, 0.3) is 6.08 Å². The number of benzene rings is 1. The average molecular weight is 386 g/mol. The Morgan fingerprint density at radius 3 is 2.78 bits per heavy atom. The summed E-state index contributed by atoms with van der Waals surface area (Å²) in [6, 6.07) is 9.53. The van der Waals surface area contributed by atoms with Gasteiger partial charge in [0, 0.05) is 43.7 Å². The van der Waals surface area contributed by atoms with Gasteiger partial charge < -0.3 is 19.5 Å². The lowest BCUT2D eigenvalue weighted by atomic mass is 10.2. The first-order chi connectivity index (χ1) is 13.2. The Kier molecular flexibility index (Phi) is 5.42. The van der Waals surface area contributed by atoms with Gasteiger partial charge in [-0.1, -0.05) is 12.1 Å². The van der Waals surface area contributed by atoms with Gasteiger partial charge in [0.15, 0.2) is 11.5 Å². The lowest BCUT2D eigenvalue weighted by Crippen LogP contribution is -2.49. The molecule has 0 bridgehead atoms. The minimum atomic E-state index is -0.460. The Morgan fingerprint density at radius 1 is 1.19 bits per heavy atom. The molecule has 1 aromatic carbocycles. The number of aliphatic hydroxyl groups excluding tert-OH is 1. The van der Waals surface area contributed by atoms with Gasteiger partial charge in [-0.3, -0.25) is 9.69 Å². The molecule has 0 spiro atoms. The summed E-state index contributed by atoms with van der Waals surface area (Å²) in [6.45, 7) is 3.73. The highest BCUT2D eigenvalue weighted by atomic mass is 32.1. The molecule has 1 aromatic heterocycles. The molecular weight excluding hydrogens is 364 g/mol. The maximum Gasteiger partial charge on any atom is 0.246 e. The fraction of sp³-hybridized carbons (Fsp3) is 0.350. The number of fused-ring (bicyclic) bond motifs is 1. The normalized spacial score (nSPS) is 18.2. The van der Waals surface area contributed by atoms with E-state index in [1.54, 1.807) is 23.5 Å². The van der Waals surface area contributed by atoms with Crippen LogP contribution < -0.4 is 9.47 Å². The maximum absolute atomic E-state index is 12.4. The SMILES string of the molecule is O=C(/C=C/c1ccc2c(c1)OCO2)N1CCN(CC(O)c2cccs2)CC1. The van der Waals surface area contributed by atoms with Crippen LogP contribution in [0.3, 0.4) is 0 Å². The second-order valence-corrected chi connectivity index (χ2v) is 7.58. The molecule has 1 fully saturated rings. The van der Waals surface area contributed by atoms with Crippen LogP contribution >= 0.6 is 11.3 Å². The topological polar surface area (TPSA) is 62.2 Å². The van der Waals surface area contributed by atoms with Crippen molar-refractivity contribution in [3.63, 3.8) is 0 Å². The Bertz CT molecular complexity index is 813. The highest BCUT2D eigenvalue weighted by Gasteiger charge is 2.22. The molecule has 2 aliphatic rings. The third kappa shape index (κ3) is 4.32. The average Bonchev–Trinajstić information content (AvgIpc) is 3.38. The van der Waals surface area contributed by atoms with E-state index in [1.807, 2.05) is 40.6 Å². The summed E-state index contributed by atoms with van der Waals surface area (Å²) in [4.78, 5) is 17.5. The molecule has 142 valence electrons. The molecule has 2 aliphatic heterocycles. The summed E-state index contributed by atoms with van der Waals surface area (Å²) in [6.07, 6.45) is 2.95. The van der Waals surface area contributed by atoms with E-state index in [0.29, 0.717) is 25.4 Å². The zero-order valence-corrected chi connectivity index (χ0v) is 15.7. The van der Waals surface area contributed by atoms with Crippen molar-refractivity contribution in [3.8, 4) is 11.5 Å². The molecule has 6 nitrogen and oxygen atoms in total. The van der Waals surface area contributed by atoms with Crippen LogP contribution in [0.2, 0.25) is 0 Å². The lowest BCUT2D eigenvalue weighted by molar-refractivity contribution is -0.127. The van der Waals surface area contributed by atoms with Crippen LogP contribution in [0.1, 0.15) is 16.5 Å². The zero-order chi connectivity index (χ0) is 18.6. The molecule has 0 aliphatic carbocycles. The number of nitrogens with zero attached hydrogens (tertiary/aromatic N) is 2. The second kappa shape index (κ2) is 8.12. The number of piperazine rings is 1. The highest BCUT2D eigenvalue weighted by molar-refractivity contribution is 7.10. The van der Waals surface area contributed by atoms with E-state index in [-0.39, 0.29) is 12.7 Å². The minimum Gasteiger partial charge on any atom is -0.454 e. The number of aliphatic hydroxyl groups is 1. The van der Waals surface area contributed by atoms with E-state index in [9.17, 15) is 9.90 Å². The summed E-state index contributed by atoms with van der Waals surface area (Å²) >= 11 is 1.57. The first-order valence-electron chi connectivity index (χ1n) is 8.99.